The maximum absolute atomic E-state index is 11.7. The highest BCUT2D eigenvalue weighted by molar-refractivity contribution is 5.95. The summed E-state index contributed by atoms with van der Waals surface area (Å²) in [4.78, 5) is 31.4. The Morgan fingerprint density at radius 2 is 1.95 bits per heavy atom. The minimum Gasteiger partial charge on any atom is -0.400 e. The van der Waals surface area contributed by atoms with Gasteiger partial charge in [-0.15, -0.1) is 0 Å². The third-order valence-corrected chi connectivity index (χ3v) is 2.47. The van der Waals surface area contributed by atoms with Gasteiger partial charge in [-0.25, -0.2) is 5.43 Å². The molecule has 1 aromatic carbocycles. The number of hydrazone groups is 1. The van der Waals surface area contributed by atoms with Crippen LogP contribution in [0.25, 0.3) is 0 Å². The van der Waals surface area contributed by atoms with Crippen LogP contribution in [0.5, 0.6) is 0 Å². The smallest absolute Gasteiger partial charge is 0.400 e. The van der Waals surface area contributed by atoms with Gasteiger partial charge in [-0.3, -0.25) is 25.0 Å². The summed E-state index contributed by atoms with van der Waals surface area (Å²) < 4.78 is 4.79. The molecule has 22 heavy (non-hydrogen) atoms. The topological polar surface area (TPSA) is 141 Å². The van der Waals surface area contributed by atoms with Crippen LogP contribution in [0, 0.1) is 20.2 Å². The molecular weight excluding hydrogens is 296 g/mol. The summed E-state index contributed by atoms with van der Waals surface area (Å²) in [6.07, 6.45) is 1.07. The summed E-state index contributed by atoms with van der Waals surface area (Å²) in [5, 5.41) is 24.6. The molecule has 1 N–H and O–H groups in total. The fourth-order valence-electron chi connectivity index (χ4n) is 1.49. The summed E-state index contributed by atoms with van der Waals surface area (Å²) in [6.45, 7) is 0. The minimum absolute atomic E-state index is 0.0526. The van der Waals surface area contributed by atoms with Crippen LogP contribution >= 0.6 is 0 Å². The molecule has 1 amide bonds. The third kappa shape index (κ3) is 3.50. The first kappa shape index (κ1) is 14.8. The zero-order chi connectivity index (χ0) is 16.1. The Morgan fingerprint density at radius 3 is 2.59 bits per heavy atom. The van der Waals surface area contributed by atoms with E-state index in [1.807, 2.05) is 0 Å². The number of rotatable bonds is 5. The van der Waals surface area contributed by atoms with Gasteiger partial charge in [-0.1, -0.05) is 6.07 Å². The first-order chi connectivity index (χ1) is 10.5. The van der Waals surface area contributed by atoms with E-state index in [-0.39, 0.29) is 17.0 Å². The van der Waals surface area contributed by atoms with Crippen LogP contribution in [0.3, 0.4) is 0 Å². The summed E-state index contributed by atoms with van der Waals surface area (Å²) >= 11 is 0. The van der Waals surface area contributed by atoms with Crippen molar-refractivity contribution >= 4 is 23.7 Å². The molecule has 10 heteroatoms. The normalized spacial score (nSPS) is 10.5. The molecule has 112 valence electrons. The molecule has 0 aliphatic rings. The van der Waals surface area contributed by atoms with Crippen LogP contribution in [-0.4, -0.2) is 22.0 Å². The number of carbonyl (C=O) groups is 1. The van der Waals surface area contributed by atoms with E-state index in [0.717, 1.165) is 18.3 Å². The molecule has 0 bridgehead atoms. The van der Waals surface area contributed by atoms with E-state index in [9.17, 15) is 25.0 Å². The van der Waals surface area contributed by atoms with Crippen LogP contribution in [0.2, 0.25) is 0 Å². The van der Waals surface area contributed by atoms with Crippen molar-refractivity contribution in [2.24, 2.45) is 5.10 Å². The van der Waals surface area contributed by atoms with E-state index in [0.29, 0.717) is 0 Å². The quantitative estimate of drug-likeness (QED) is 0.507. The molecule has 0 fully saturated rings. The number of nitrogens with zero attached hydrogens (tertiary/aromatic N) is 3. The Hall–Kier alpha value is -3.56. The Kier molecular flexibility index (Phi) is 4.22. The van der Waals surface area contributed by atoms with Gasteiger partial charge < -0.3 is 4.42 Å². The van der Waals surface area contributed by atoms with Crippen molar-refractivity contribution in [2.75, 3.05) is 0 Å². The second-order valence-electron chi connectivity index (χ2n) is 3.94. The lowest BCUT2D eigenvalue weighted by atomic mass is 10.2. The molecule has 1 aromatic heterocycles. The van der Waals surface area contributed by atoms with E-state index in [2.05, 4.69) is 10.5 Å². The summed E-state index contributed by atoms with van der Waals surface area (Å²) in [6, 6.07) is 7.55. The molecule has 0 unspecified atom stereocenters. The van der Waals surface area contributed by atoms with Crippen molar-refractivity contribution in [1.29, 1.82) is 0 Å². The molecule has 0 saturated heterocycles. The highest BCUT2D eigenvalue weighted by Crippen LogP contribution is 2.14. The molecule has 0 aliphatic heterocycles. The van der Waals surface area contributed by atoms with Crippen LogP contribution in [-0.2, 0) is 0 Å². The fourth-order valence-corrected chi connectivity index (χ4v) is 1.49. The molecule has 0 aliphatic carbocycles. The van der Waals surface area contributed by atoms with E-state index in [1.165, 1.54) is 24.3 Å². The lowest BCUT2D eigenvalue weighted by Crippen LogP contribution is -2.17. The number of nitro benzene ring substituents is 1. The van der Waals surface area contributed by atoms with E-state index in [4.69, 9.17) is 4.42 Å². The van der Waals surface area contributed by atoms with Gasteiger partial charge in [0, 0.05) is 17.7 Å². The standard InChI is InChI=1S/C12H8N4O6/c17-12(8-2-1-3-9(6-8)15(18)19)14-13-7-10-4-5-11(22-10)16(20)21/h1-7H,(H,14,17)/b13-7+. The molecule has 2 rings (SSSR count). The van der Waals surface area contributed by atoms with Crippen molar-refractivity contribution < 1.29 is 19.1 Å². The Balaban J connectivity index is 2.02. The zero-order valence-electron chi connectivity index (χ0n) is 10.8. The van der Waals surface area contributed by atoms with Crippen molar-refractivity contribution in [1.82, 2.24) is 5.43 Å². The van der Waals surface area contributed by atoms with E-state index >= 15 is 0 Å². The number of furan rings is 1. The van der Waals surface area contributed by atoms with Gasteiger partial charge in [0.15, 0.2) is 5.76 Å². The van der Waals surface area contributed by atoms with Crippen molar-refractivity contribution in [3.63, 3.8) is 0 Å². The van der Waals surface area contributed by atoms with Gasteiger partial charge >= 0.3 is 5.88 Å². The predicted octanol–water partition coefficient (Wildman–Crippen LogP) is 1.86. The van der Waals surface area contributed by atoms with Gasteiger partial charge in [-0.2, -0.15) is 5.10 Å². The fraction of sp³-hybridized carbons (Fsp3) is 0. The summed E-state index contributed by atoms with van der Waals surface area (Å²) in [7, 11) is 0. The van der Waals surface area contributed by atoms with Crippen molar-refractivity contribution in [3.8, 4) is 0 Å². The van der Waals surface area contributed by atoms with Gasteiger partial charge in [0.25, 0.3) is 11.6 Å². The minimum atomic E-state index is -0.709. The lowest BCUT2D eigenvalue weighted by Gasteiger charge is -1.99. The molecule has 2 aromatic rings. The maximum atomic E-state index is 11.7. The second-order valence-corrected chi connectivity index (χ2v) is 3.94. The van der Waals surface area contributed by atoms with Crippen molar-refractivity contribution in [2.45, 2.75) is 0 Å². The highest BCUT2D eigenvalue weighted by Gasteiger charge is 2.12. The first-order valence-electron chi connectivity index (χ1n) is 5.79. The molecule has 0 spiro atoms. The van der Waals surface area contributed by atoms with Crippen LogP contribution < -0.4 is 5.43 Å². The molecular formula is C12H8N4O6. The van der Waals surface area contributed by atoms with Crippen molar-refractivity contribution in [3.05, 3.63) is 68.0 Å². The predicted molar refractivity (Wildman–Crippen MR) is 73.5 cm³/mol. The zero-order valence-corrected chi connectivity index (χ0v) is 10.8. The maximum Gasteiger partial charge on any atom is 0.433 e. The third-order valence-electron chi connectivity index (χ3n) is 2.47. The summed E-state index contributed by atoms with van der Waals surface area (Å²) in [5.41, 5.74) is 1.96. The number of nitrogens with one attached hydrogen (secondary N) is 1. The van der Waals surface area contributed by atoms with Gasteiger partial charge in [0.1, 0.15) is 4.92 Å². The Labute approximate surface area is 122 Å². The van der Waals surface area contributed by atoms with E-state index < -0.39 is 21.6 Å². The Morgan fingerprint density at radius 1 is 1.18 bits per heavy atom. The largest absolute Gasteiger partial charge is 0.433 e. The number of hydrogen-bond donors (Lipinski definition) is 1. The first-order valence-corrected chi connectivity index (χ1v) is 5.79. The van der Waals surface area contributed by atoms with Crippen LogP contribution in [0.4, 0.5) is 11.6 Å². The monoisotopic (exact) mass is 304 g/mol. The lowest BCUT2D eigenvalue weighted by molar-refractivity contribution is -0.402. The van der Waals surface area contributed by atoms with Gasteiger partial charge in [-0.05, 0) is 12.1 Å². The molecule has 1 heterocycles. The number of nitro groups is 2. The molecule has 0 atom stereocenters. The van der Waals surface area contributed by atoms with Crippen LogP contribution in [0.1, 0.15) is 16.1 Å². The average molecular weight is 304 g/mol. The molecule has 0 radical (unpaired) electrons. The van der Waals surface area contributed by atoms with E-state index in [1.54, 1.807) is 0 Å². The number of hydrogen-bond acceptors (Lipinski definition) is 7. The van der Waals surface area contributed by atoms with Gasteiger partial charge in [0.2, 0.25) is 0 Å². The SMILES string of the molecule is O=C(N/N=C/c1ccc([N+](=O)[O-])o1)c1cccc([N+](=O)[O-])c1. The average Bonchev–Trinajstić information content (AvgIpc) is 2.96. The number of non-ortho nitro benzene ring substituents is 1. The highest BCUT2D eigenvalue weighted by atomic mass is 16.6. The summed E-state index contributed by atoms with van der Waals surface area (Å²) in [5.74, 6) is -1.04. The molecule has 0 saturated carbocycles. The van der Waals surface area contributed by atoms with Gasteiger partial charge in [0.05, 0.1) is 17.2 Å². The number of benzene rings is 1. The second kappa shape index (κ2) is 6.26. The number of amides is 1. The van der Waals surface area contributed by atoms with Crippen LogP contribution in [0.15, 0.2) is 45.9 Å². The number of carbonyl (C=O) groups excluding carboxylic acids is 1. The molecule has 10 nitrogen and oxygen atoms in total. The Bertz CT molecular complexity index is 766.